The molecule has 0 aliphatic heterocycles. The molecule has 1 aromatic heterocycles. The molecule has 3 aromatic rings. The average molecular weight is 538 g/mol. The van der Waals surface area contributed by atoms with Gasteiger partial charge in [-0.15, -0.1) is 5.06 Å². The van der Waals surface area contributed by atoms with Gasteiger partial charge in [0.05, 0.1) is 24.9 Å². The van der Waals surface area contributed by atoms with Crippen molar-refractivity contribution < 1.29 is 41.9 Å². The molecule has 0 fully saturated rings. The van der Waals surface area contributed by atoms with Crippen LogP contribution in [0.25, 0.3) is 0 Å². The van der Waals surface area contributed by atoms with Crippen molar-refractivity contribution in [1.29, 1.82) is 0 Å². The number of hydrogen-bond acceptors (Lipinski definition) is 9. The van der Waals surface area contributed by atoms with Crippen LogP contribution in [0.3, 0.4) is 0 Å². The maximum Gasteiger partial charge on any atom is 0.309 e. The minimum Gasteiger partial charge on any atom is -0.493 e. The fourth-order valence-corrected chi connectivity index (χ4v) is 5.05. The fraction of sp³-hybridized carbons (Fsp3) is 0.182. The highest BCUT2D eigenvalue weighted by Gasteiger charge is 2.26. The fourth-order valence-electron chi connectivity index (χ4n) is 2.93. The second kappa shape index (κ2) is 11.1. The molecule has 0 unspecified atom stereocenters. The lowest BCUT2D eigenvalue weighted by Crippen LogP contribution is -2.36. The van der Waals surface area contributed by atoms with Gasteiger partial charge in [-0.25, -0.2) is 17.8 Å². The molecule has 190 valence electrons. The number of carbonyl (C=O) groups is 3. The standard InChI is InChI=1S/C22H20FN3O8S2/c1-33-16-5-3-4-6-17(16)34-26(14-9-7-13(23)8-10-14)19(28)12-18(27)25-22-24-15(11-20(29)30)21(35-22)36(2,31)32/h3-10H,11-12H2,1-2H3,(H,29,30)(H,24,25,27). The number of carbonyl (C=O) groups excluding carboxylic acids is 2. The van der Waals surface area contributed by atoms with Gasteiger partial charge >= 0.3 is 5.97 Å². The van der Waals surface area contributed by atoms with Crippen LogP contribution in [0, 0.1) is 5.82 Å². The number of nitrogens with one attached hydrogen (secondary N) is 1. The Morgan fingerprint density at radius 1 is 1.11 bits per heavy atom. The van der Waals surface area contributed by atoms with Crippen LogP contribution in [-0.4, -0.2) is 49.7 Å². The third kappa shape index (κ3) is 6.76. The van der Waals surface area contributed by atoms with Crippen molar-refractivity contribution in [1.82, 2.24) is 4.98 Å². The van der Waals surface area contributed by atoms with Crippen LogP contribution in [0.5, 0.6) is 11.5 Å². The van der Waals surface area contributed by atoms with E-state index in [1.165, 1.54) is 25.3 Å². The summed E-state index contributed by atoms with van der Waals surface area (Å²) in [5, 5.41) is 11.9. The Morgan fingerprint density at radius 2 is 1.75 bits per heavy atom. The highest BCUT2D eigenvalue weighted by atomic mass is 32.2. The number of rotatable bonds is 10. The third-order valence-corrected chi connectivity index (χ3v) is 7.30. The Bertz CT molecular complexity index is 1390. The molecule has 0 saturated heterocycles. The SMILES string of the molecule is COc1ccccc1ON(C(=O)CC(=O)Nc1nc(CC(=O)O)c(S(C)(=O)=O)s1)c1ccc(F)cc1. The Balaban J connectivity index is 1.83. The summed E-state index contributed by atoms with van der Waals surface area (Å²) in [6.07, 6.45) is -0.551. The van der Waals surface area contributed by atoms with Gasteiger partial charge in [0.15, 0.2) is 26.5 Å². The zero-order valence-electron chi connectivity index (χ0n) is 18.9. The van der Waals surface area contributed by atoms with E-state index < -0.39 is 46.3 Å². The molecule has 2 amide bonds. The van der Waals surface area contributed by atoms with E-state index in [9.17, 15) is 27.2 Å². The number of anilines is 2. The smallest absolute Gasteiger partial charge is 0.309 e. The minimum atomic E-state index is -3.81. The molecule has 0 atom stereocenters. The number of hydroxylamine groups is 1. The van der Waals surface area contributed by atoms with Crippen LogP contribution in [0.1, 0.15) is 12.1 Å². The molecule has 0 aliphatic carbocycles. The summed E-state index contributed by atoms with van der Waals surface area (Å²) in [6.45, 7) is 0. The lowest BCUT2D eigenvalue weighted by Gasteiger charge is -2.23. The summed E-state index contributed by atoms with van der Waals surface area (Å²) in [7, 11) is -2.41. The van der Waals surface area contributed by atoms with Gasteiger partial charge in [0.1, 0.15) is 16.4 Å². The first-order valence-electron chi connectivity index (χ1n) is 10.1. The molecule has 0 bridgehead atoms. The number of thiazole rings is 1. The third-order valence-electron chi connectivity index (χ3n) is 4.42. The van der Waals surface area contributed by atoms with Crippen LogP contribution in [0.4, 0.5) is 15.2 Å². The summed E-state index contributed by atoms with van der Waals surface area (Å²) in [4.78, 5) is 46.2. The normalized spacial score (nSPS) is 11.0. The maximum absolute atomic E-state index is 13.4. The first-order chi connectivity index (χ1) is 17.0. The Labute approximate surface area is 209 Å². The molecular formula is C22H20FN3O8S2. The second-order valence-corrected chi connectivity index (χ2v) is 10.4. The number of sulfone groups is 1. The quantitative estimate of drug-likeness (QED) is 0.294. The highest BCUT2D eigenvalue weighted by Crippen LogP contribution is 2.30. The van der Waals surface area contributed by atoms with Gasteiger partial charge in [-0.3, -0.25) is 14.4 Å². The van der Waals surface area contributed by atoms with Crippen molar-refractivity contribution in [2.24, 2.45) is 0 Å². The van der Waals surface area contributed by atoms with Gasteiger partial charge < -0.3 is 20.0 Å². The number of carboxylic acid groups (broad SMARTS) is 1. The van der Waals surface area contributed by atoms with E-state index in [1.807, 2.05) is 0 Å². The van der Waals surface area contributed by atoms with Gasteiger partial charge in [0.2, 0.25) is 5.91 Å². The van der Waals surface area contributed by atoms with Gasteiger partial charge in [-0.1, -0.05) is 23.5 Å². The zero-order valence-corrected chi connectivity index (χ0v) is 20.6. The van der Waals surface area contributed by atoms with E-state index in [1.54, 1.807) is 18.2 Å². The summed E-state index contributed by atoms with van der Waals surface area (Å²) in [5.74, 6) is -3.13. The molecule has 0 spiro atoms. The summed E-state index contributed by atoms with van der Waals surface area (Å²) >= 11 is 0.569. The number of amides is 2. The number of methoxy groups -OCH3 is 1. The minimum absolute atomic E-state index is 0.123. The Hall–Kier alpha value is -4.04. The van der Waals surface area contributed by atoms with E-state index in [0.717, 1.165) is 23.5 Å². The van der Waals surface area contributed by atoms with Crippen molar-refractivity contribution in [3.63, 3.8) is 0 Å². The average Bonchev–Trinajstić information content (AvgIpc) is 3.20. The summed E-state index contributed by atoms with van der Waals surface area (Å²) < 4.78 is 42.3. The van der Waals surface area contributed by atoms with Gasteiger partial charge in [0.25, 0.3) is 5.91 Å². The molecule has 0 saturated carbocycles. The molecule has 1 heterocycles. The Morgan fingerprint density at radius 3 is 2.33 bits per heavy atom. The predicted octanol–water partition coefficient (Wildman–Crippen LogP) is 2.68. The molecule has 0 aliphatic rings. The molecule has 2 aromatic carbocycles. The number of ether oxygens (including phenoxy) is 1. The molecule has 3 rings (SSSR count). The largest absolute Gasteiger partial charge is 0.493 e. The predicted molar refractivity (Wildman–Crippen MR) is 127 cm³/mol. The van der Waals surface area contributed by atoms with Gasteiger partial charge in [0, 0.05) is 6.26 Å². The van der Waals surface area contributed by atoms with Crippen molar-refractivity contribution >= 4 is 49.8 Å². The van der Waals surface area contributed by atoms with E-state index >= 15 is 0 Å². The first kappa shape index (κ1) is 26.6. The lowest BCUT2D eigenvalue weighted by atomic mass is 10.3. The van der Waals surface area contributed by atoms with E-state index in [2.05, 4.69) is 10.3 Å². The van der Waals surface area contributed by atoms with Gasteiger partial charge in [-0.2, -0.15) is 0 Å². The number of halogens is 1. The van der Waals surface area contributed by atoms with Crippen LogP contribution in [0.15, 0.2) is 52.7 Å². The van der Waals surface area contributed by atoms with Gasteiger partial charge in [-0.05, 0) is 36.4 Å². The molecule has 2 N–H and O–H groups in total. The number of para-hydroxylation sites is 2. The Kier molecular flexibility index (Phi) is 8.22. The molecular weight excluding hydrogens is 517 g/mol. The second-order valence-electron chi connectivity index (χ2n) is 7.23. The number of carboxylic acids is 1. The number of hydrogen-bond donors (Lipinski definition) is 2. The molecule has 36 heavy (non-hydrogen) atoms. The topological polar surface area (TPSA) is 152 Å². The van der Waals surface area contributed by atoms with Crippen molar-refractivity contribution in [2.45, 2.75) is 17.1 Å². The zero-order chi connectivity index (χ0) is 26.5. The number of aliphatic carboxylic acids is 1. The summed E-state index contributed by atoms with van der Waals surface area (Å²) in [6, 6.07) is 11.2. The number of nitrogens with zero attached hydrogens (tertiary/aromatic N) is 2. The van der Waals surface area contributed by atoms with Crippen LogP contribution in [-0.2, 0) is 30.6 Å². The van der Waals surface area contributed by atoms with Crippen LogP contribution in [0.2, 0.25) is 0 Å². The monoisotopic (exact) mass is 537 g/mol. The van der Waals surface area contributed by atoms with E-state index in [4.69, 9.17) is 14.7 Å². The maximum atomic E-state index is 13.4. The van der Waals surface area contributed by atoms with Crippen molar-refractivity contribution in [3.8, 4) is 11.5 Å². The molecule has 11 nitrogen and oxygen atoms in total. The molecule has 0 radical (unpaired) electrons. The van der Waals surface area contributed by atoms with Crippen LogP contribution >= 0.6 is 11.3 Å². The first-order valence-corrected chi connectivity index (χ1v) is 12.8. The highest BCUT2D eigenvalue weighted by molar-refractivity contribution is 7.92. The van der Waals surface area contributed by atoms with E-state index in [0.29, 0.717) is 17.1 Å². The molecule has 14 heteroatoms. The summed E-state index contributed by atoms with van der Waals surface area (Å²) in [5.41, 5.74) is -0.110. The number of benzene rings is 2. The van der Waals surface area contributed by atoms with Crippen molar-refractivity contribution in [3.05, 3.63) is 60.0 Å². The van der Waals surface area contributed by atoms with Crippen LogP contribution < -0.4 is 20.0 Å². The van der Waals surface area contributed by atoms with Crippen molar-refractivity contribution in [2.75, 3.05) is 23.7 Å². The number of aromatic nitrogens is 1. The lowest BCUT2D eigenvalue weighted by molar-refractivity contribution is -0.136. The van der Waals surface area contributed by atoms with E-state index in [-0.39, 0.29) is 26.5 Å².